The lowest BCUT2D eigenvalue weighted by Gasteiger charge is -2.03. The summed E-state index contributed by atoms with van der Waals surface area (Å²) in [6, 6.07) is 10.4. The second-order valence-corrected chi connectivity index (χ2v) is 7.92. The van der Waals surface area contributed by atoms with Crippen LogP contribution in [0, 0.1) is 6.92 Å². The van der Waals surface area contributed by atoms with Crippen molar-refractivity contribution in [2.45, 2.75) is 19.8 Å². The van der Waals surface area contributed by atoms with Gasteiger partial charge in [-0.3, -0.25) is 9.89 Å². The van der Waals surface area contributed by atoms with Gasteiger partial charge in [0, 0.05) is 27.0 Å². The number of benzene rings is 1. The molecule has 4 rings (SSSR count). The first-order chi connectivity index (χ1) is 11.7. The third-order valence-corrected chi connectivity index (χ3v) is 6.53. The van der Waals surface area contributed by atoms with Gasteiger partial charge in [0.15, 0.2) is 0 Å². The molecule has 2 N–H and O–H groups in total. The summed E-state index contributed by atoms with van der Waals surface area (Å²) in [7, 11) is 0. The largest absolute Gasteiger partial charge is 0.351 e. The molecule has 0 saturated carbocycles. The first-order valence-electron chi connectivity index (χ1n) is 7.90. The van der Waals surface area contributed by atoms with Crippen LogP contribution in [-0.4, -0.2) is 22.6 Å². The van der Waals surface area contributed by atoms with E-state index in [0.717, 1.165) is 23.4 Å². The van der Waals surface area contributed by atoms with E-state index in [-0.39, 0.29) is 5.91 Å². The quantitative estimate of drug-likeness (QED) is 0.518. The molecule has 0 unspecified atom stereocenters. The normalized spacial score (nSPS) is 11.4. The van der Waals surface area contributed by atoms with E-state index < -0.39 is 0 Å². The van der Waals surface area contributed by atoms with E-state index in [9.17, 15) is 4.79 Å². The van der Waals surface area contributed by atoms with Crippen molar-refractivity contribution in [2.75, 3.05) is 6.54 Å². The van der Waals surface area contributed by atoms with Crippen molar-refractivity contribution in [3.8, 4) is 0 Å². The maximum absolute atomic E-state index is 12.4. The number of carbonyl (C=O) groups excluding carboxylic acids is 1. The molecule has 0 spiro atoms. The highest BCUT2D eigenvalue weighted by Crippen LogP contribution is 2.39. The van der Waals surface area contributed by atoms with E-state index in [1.54, 1.807) is 22.7 Å². The first-order valence-corrected chi connectivity index (χ1v) is 9.54. The summed E-state index contributed by atoms with van der Waals surface area (Å²) >= 11 is 3.33. The van der Waals surface area contributed by atoms with Crippen molar-refractivity contribution in [3.63, 3.8) is 0 Å². The predicted molar refractivity (Wildman–Crippen MR) is 101 cm³/mol. The number of hydrogen-bond acceptors (Lipinski definition) is 4. The van der Waals surface area contributed by atoms with Gasteiger partial charge in [0.1, 0.15) is 0 Å². The Balaban J connectivity index is 1.41. The fourth-order valence-corrected chi connectivity index (χ4v) is 5.25. The standard InChI is InChI=1S/C18H17N3OS2/c1-11-12(10-20-21-11)5-4-8-19-18(22)16-9-15-17(24-16)13-6-2-3-7-14(13)23-15/h2-3,6-7,9-10H,4-5,8H2,1H3,(H,19,22)(H,20,21). The van der Waals surface area contributed by atoms with E-state index in [4.69, 9.17) is 0 Å². The van der Waals surface area contributed by atoms with E-state index in [2.05, 4.69) is 33.7 Å². The summed E-state index contributed by atoms with van der Waals surface area (Å²) in [5, 5.41) is 11.2. The van der Waals surface area contributed by atoms with Gasteiger partial charge < -0.3 is 5.32 Å². The predicted octanol–water partition coefficient (Wildman–Crippen LogP) is 4.51. The van der Waals surface area contributed by atoms with Gasteiger partial charge in [0.2, 0.25) is 0 Å². The Bertz CT molecular complexity index is 1010. The summed E-state index contributed by atoms with van der Waals surface area (Å²) in [4.78, 5) is 13.2. The number of H-pyrrole nitrogens is 1. The average molecular weight is 355 g/mol. The molecule has 0 fully saturated rings. The SMILES string of the molecule is Cc1[nH]ncc1CCCNC(=O)c1cc2sc3ccccc3c2s1. The molecule has 3 aromatic heterocycles. The number of rotatable bonds is 5. The Labute approximate surface area is 147 Å². The number of hydrogen-bond donors (Lipinski definition) is 2. The van der Waals surface area contributed by atoms with Crippen molar-refractivity contribution in [2.24, 2.45) is 0 Å². The third-order valence-electron chi connectivity index (χ3n) is 4.12. The van der Waals surface area contributed by atoms with Crippen molar-refractivity contribution < 1.29 is 4.79 Å². The van der Waals surface area contributed by atoms with Gasteiger partial charge in [-0.2, -0.15) is 5.10 Å². The monoisotopic (exact) mass is 355 g/mol. The van der Waals surface area contributed by atoms with Crippen LogP contribution in [0.2, 0.25) is 0 Å². The van der Waals surface area contributed by atoms with Crippen LogP contribution in [0.1, 0.15) is 27.3 Å². The van der Waals surface area contributed by atoms with E-state index in [0.29, 0.717) is 6.54 Å². The molecule has 0 atom stereocenters. The summed E-state index contributed by atoms with van der Waals surface area (Å²) in [6.07, 6.45) is 3.69. The minimum atomic E-state index is 0.0244. The molecule has 0 bridgehead atoms. The maximum Gasteiger partial charge on any atom is 0.261 e. The lowest BCUT2D eigenvalue weighted by molar-refractivity contribution is 0.0957. The van der Waals surface area contributed by atoms with Gasteiger partial charge >= 0.3 is 0 Å². The minimum Gasteiger partial charge on any atom is -0.351 e. The van der Waals surface area contributed by atoms with Crippen LogP contribution in [0.5, 0.6) is 0 Å². The number of aryl methyl sites for hydroxylation is 2. The number of aromatic nitrogens is 2. The molecule has 1 aromatic carbocycles. The summed E-state index contributed by atoms with van der Waals surface area (Å²) in [5.74, 6) is 0.0244. The van der Waals surface area contributed by atoms with Crippen LogP contribution in [0.15, 0.2) is 36.5 Å². The smallest absolute Gasteiger partial charge is 0.261 e. The lowest BCUT2D eigenvalue weighted by atomic mass is 10.1. The zero-order chi connectivity index (χ0) is 16.5. The van der Waals surface area contributed by atoms with E-state index >= 15 is 0 Å². The van der Waals surface area contributed by atoms with Crippen molar-refractivity contribution in [1.29, 1.82) is 0 Å². The summed E-state index contributed by atoms with van der Waals surface area (Å²) < 4.78 is 3.69. The van der Waals surface area contributed by atoms with Gasteiger partial charge in [-0.25, -0.2) is 0 Å². The number of nitrogens with zero attached hydrogens (tertiary/aromatic N) is 1. The van der Waals surface area contributed by atoms with E-state index in [1.807, 2.05) is 25.3 Å². The highest BCUT2D eigenvalue weighted by molar-refractivity contribution is 7.33. The molecule has 6 heteroatoms. The summed E-state index contributed by atoms with van der Waals surface area (Å²) in [6.45, 7) is 2.69. The van der Waals surface area contributed by atoms with Crippen LogP contribution < -0.4 is 5.32 Å². The van der Waals surface area contributed by atoms with Crippen LogP contribution in [0.4, 0.5) is 0 Å². The van der Waals surface area contributed by atoms with Gasteiger partial charge in [0.05, 0.1) is 15.8 Å². The molecule has 4 aromatic rings. The van der Waals surface area contributed by atoms with Crippen LogP contribution >= 0.6 is 22.7 Å². The van der Waals surface area contributed by atoms with Gasteiger partial charge in [-0.15, -0.1) is 22.7 Å². The highest BCUT2D eigenvalue weighted by atomic mass is 32.1. The average Bonchev–Trinajstić information content (AvgIpc) is 3.25. The second-order valence-electron chi connectivity index (χ2n) is 5.78. The Kier molecular flexibility index (Phi) is 4.08. The Morgan fingerprint density at radius 1 is 1.25 bits per heavy atom. The summed E-state index contributed by atoms with van der Waals surface area (Å²) in [5.41, 5.74) is 2.32. The van der Waals surface area contributed by atoms with Crippen LogP contribution in [0.3, 0.4) is 0 Å². The number of thiophene rings is 2. The Hall–Kier alpha value is -2.18. The number of fused-ring (bicyclic) bond motifs is 3. The number of nitrogens with one attached hydrogen (secondary N) is 2. The molecule has 0 radical (unpaired) electrons. The molecule has 3 heterocycles. The molecule has 1 amide bonds. The maximum atomic E-state index is 12.4. The molecule has 0 saturated heterocycles. The van der Waals surface area contributed by atoms with E-state index in [1.165, 1.54) is 25.0 Å². The molecule has 0 aliphatic heterocycles. The zero-order valence-corrected chi connectivity index (χ0v) is 14.9. The van der Waals surface area contributed by atoms with Crippen molar-refractivity contribution in [3.05, 3.63) is 52.7 Å². The molecule has 4 nitrogen and oxygen atoms in total. The first kappa shape index (κ1) is 15.4. The topological polar surface area (TPSA) is 57.8 Å². The fourth-order valence-electron chi connectivity index (χ4n) is 2.81. The van der Waals surface area contributed by atoms with Crippen LogP contribution in [0.25, 0.3) is 19.5 Å². The molecule has 0 aliphatic rings. The van der Waals surface area contributed by atoms with Gasteiger partial charge in [0.25, 0.3) is 5.91 Å². The minimum absolute atomic E-state index is 0.0244. The third kappa shape index (κ3) is 2.83. The van der Waals surface area contributed by atoms with Gasteiger partial charge in [-0.05, 0) is 37.5 Å². The molecular formula is C18H17N3OS2. The highest BCUT2D eigenvalue weighted by Gasteiger charge is 2.13. The molecule has 24 heavy (non-hydrogen) atoms. The van der Waals surface area contributed by atoms with Gasteiger partial charge in [-0.1, -0.05) is 18.2 Å². The molecule has 122 valence electrons. The number of amides is 1. The zero-order valence-electron chi connectivity index (χ0n) is 13.3. The second kappa shape index (κ2) is 6.37. The van der Waals surface area contributed by atoms with Crippen molar-refractivity contribution >= 4 is 48.1 Å². The van der Waals surface area contributed by atoms with Crippen molar-refractivity contribution in [1.82, 2.24) is 15.5 Å². The molecular weight excluding hydrogens is 338 g/mol. The Morgan fingerprint density at radius 3 is 2.96 bits per heavy atom. The lowest BCUT2D eigenvalue weighted by Crippen LogP contribution is -2.23. The number of aromatic amines is 1. The number of carbonyl (C=O) groups is 1. The fraction of sp³-hybridized carbons (Fsp3) is 0.222. The molecule has 0 aliphatic carbocycles. The Morgan fingerprint density at radius 2 is 2.12 bits per heavy atom. The van der Waals surface area contributed by atoms with Crippen LogP contribution in [-0.2, 0) is 6.42 Å².